The van der Waals surface area contributed by atoms with E-state index < -0.39 is 58.1 Å². The number of aromatic carboxylic acids is 1. The van der Waals surface area contributed by atoms with Gasteiger partial charge in [-0.05, 0) is 51.8 Å². The Balaban J connectivity index is 2.58. The van der Waals surface area contributed by atoms with Gasteiger partial charge < -0.3 is 5.11 Å². The van der Waals surface area contributed by atoms with Crippen LogP contribution in [0.3, 0.4) is 0 Å². The molecule has 156 valence electrons. The molecule has 1 unspecified atom stereocenters. The monoisotopic (exact) mass is 488 g/mol. The van der Waals surface area contributed by atoms with Crippen LogP contribution < -0.4 is 0 Å². The molecule has 0 aliphatic rings. The van der Waals surface area contributed by atoms with Crippen molar-refractivity contribution in [3.8, 4) is 0 Å². The number of allylic oxidation sites excluding steroid dienone is 1. The van der Waals surface area contributed by atoms with Gasteiger partial charge in [0.15, 0.2) is 0 Å². The third-order valence-electron chi connectivity index (χ3n) is 3.80. The number of carbonyl (C=O) groups is 1. The highest BCUT2D eigenvalue weighted by Gasteiger charge is 2.40. The Hall–Kier alpha value is -2.43. The van der Waals surface area contributed by atoms with Crippen LogP contribution in [-0.4, -0.2) is 17.3 Å². The van der Waals surface area contributed by atoms with Crippen LogP contribution in [0.4, 0.5) is 35.1 Å². The molecule has 0 aliphatic heterocycles. The second-order valence-corrected chi connectivity index (χ2v) is 6.63. The molecule has 2 nitrogen and oxygen atoms in total. The molecule has 2 aromatic carbocycles. The lowest BCUT2D eigenvalue weighted by Gasteiger charge is -2.18. The van der Waals surface area contributed by atoms with Gasteiger partial charge in [0.2, 0.25) is 0 Å². The maximum atomic E-state index is 14.4. The number of hydrogen-bond acceptors (Lipinski definition) is 1. The fourth-order valence-electron chi connectivity index (χ4n) is 2.44. The minimum absolute atomic E-state index is 0.00138. The van der Waals surface area contributed by atoms with E-state index in [-0.39, 0.29) is 16.6 Å². The van der Waals surface area contributed by atoms with Gasteiger partial charge in [-0.25, -0.2) is 13.6 Å². The van der Waals surface area contributed by atoms with Gasteiger partial charge in [-0.2, -0.15) is 26.3 Å². The first-order valence-corrected chi connectivity index (χ1v) is 8.35. The van der Waals surface area contributed by atoms with Gasteiger partial charge in [0.1, 0.15) is 17.6 Å². The molecular formula is C18H9BrF8O2. The molecular weight excluding hydrogens is 480 g/mol. The van der Waals surface area contributed by atoms with Crippen LogP contribution in [0.1, 0.15) is 33.0 Å². The van der Waals surface area contributed by atoms with Crippen LogP contribution >= 0.6 is 15.9 Å². The van der Waals surface area contributed by atoms with Crippen molar-refractivity contribution < 1.29 is 45.0 Å². The molecule has 1 N–H and O–H groups in total. The predicted octanol–water partition coefficient (Wildman–Crippen LogP) is 6.96. The van der Waals surface area contributed by atoms with Crippen LogP contribution in [0.5, 0.6) is 0 Å². The molecule has 0 aliphatic carbocycles. The Bertz CT molecular complexity index is 963. The number of rotatable bonds is 4. The summed E-state index contributed by atoms with van der Waals surface area (Å²) in [6.07, 6.45) is -10.3. The zero-order valence-corrected chi connectivity index (χ0v) is 15.5. The second-order valence-electron chi connectivity index (χ2n) is 5.77. The summed E-state index contributed by atoms with van der Waals surface area (Å²) in [5.74, 6) is -7.32. The minimum Gasteiger partial charge on any atom is -0.478 e. The van der Waals surface area contributed by atoms with E-state index in [0.717, 1.165) is 12.1 Å². The number of carboxylic acid groups (broad SMARTS) is 1. The van der Waals surface area contributed by atoms with Gasteiger partial charge in [-0.1, -0.05) is 12.1 Å². The topological polar surface area (TPSA) is 37.3 Å². The van der Waals surface area contributed by atoms with Crippen molar-refractivity contribution >= 4 is 27.7 Å². The molecule has 2 aromatic rings. The maximum absolute atomic E-state index is 14.4. The van der Waals surface area contributed by atoms with Crippen LogP contribution in [0.15, 0.2) is 46.9 Å². The highest BCUT2D eigenvalue weighted by atomic mass is 79.9. The Morgan fingerprint density at radius 2 is 1.66 bits per heavy atom. The average molecular weight is 489 g/mol. The molecule has 0 saturated heterocycles. The molecule has 11 heteroatoms. The zero-order chi connectivity index (χ0) is 22.1. The molecule has 2 rings (SSSR count). The van der Waals surface area contributed by atoms with Crippen molar-refractivity contribution in [3.63, 3.8) is 0 Å². The Morgan fingerprint density at radius 1 is 1.03 bits per heavy atom. The SMILES string of the molecule is O=C(O)c1ccc(C(F)=CC(c2ccc(Br)c(F)c2)C(F)(F)F)cc1C(F)(F)F. The van der Waals surface area contributed by atoms with Crippen molar-refractivity contribution in [2.75, 3.05) is 0 Å². The number of alkyl halides is 6. The molecule has 0 fully saturated rings. The lowest BCUT2D eigenvalue weighted by molar-refractivity contribution is -0.140. The molecule has 1 atom stereocenters. The summed E-state index contributed by atoms with van der Waals surface area (Å²) in [6.45, 7) is 0. The van der Waals surface area contributed by atoms with E-state index in [1.54, 1.807) is 0 Å². The van der Waals surface area contributed by atoms with Gasteiger partial charge in [0, 0.05) is 5.56 Å². The highest BCUT2D eigenvalue weighted by molar-refractivity contribution is 9.10. The molecule has 0 spiro atoms. The number of benzene rings is 2. The molecule has 0 amide bonds. The third-order valence-corrected chi connectivity index (χ3v) is 4.44. The Kier molecular flexibility index (Phi) is 6.41. The van der Waals surface area contributed by atoms with Crippen LogP contribution in [0, 0.1) is 5.82 Å². The van der Waals surface area contributed by atoms with E-state index in [0.29, 0.717) is 18.2 Å². The van der Waals surface area contributed by atoms with Crippen LogP contribution in [0.25, 0.3) is 5.83 Å². The largest absolute Gasteiger partial charge is 0.478 e. The minimum atomic E-state index is -5.18. The van der Waals surface area contributed by atoms with Crippen LogP contribution in [0.2, 0.25) is 0 Å². The standard InChI is InChI=1S/C18H9BrF8O2/c19-13-4-2-8(6-15(13)21)11(17(22,23)24)7-14(20)9-1-3-10(16(28)29)12(5-9)18(25,26)27/h1-7,11H,(H,28,29). The summed E-state index contributed by atoms with van der Waals surface area (Å²) in [5.41, 5.74) is -4.48. The fraction of sp³-hybridized carbons (Fsp3) is 0.167. The molecule has 0 radical (unpaired) electrons. The zero-order valence-electron chi connectivity index (χ0n) is 13.9. The van der Waals surface area contributed by atoms with Crippen molar-refractivity contribution in [1.82, 2.24) is 0 Å². The molecule has 0 heterocycles. The first-order valence-electron chi connectivity index (χ1n) is 7.55. The molecule has 29 heavy (non-hydrogen) atoms. The molecule has 0 bridgehead atoms. The summed E-state index contributed by atoms with van der Waals surface area (Å²) >= 11 is 2.76. The summed E-state index contributed by atoms with van der Waals surface area (Å²) in [4.78, 5) is 10.9. The Labute approximate surface area is 166 Å². The quantitative estimate of drug-likeness (QED) is 0.472. The van der Waals surface area contributed by atoms with Gasteiger partial charge in [-0.3, -0.25) is 0 Å². The summed E-state index contributed by atoms with van der Waals surface area (Å²) in [5, 5.41) is 8.81. The van der Waals surface area contributed by atoms with E-state index >= 15 is 0 Å². The van der Waals surface area contributed by atoms with E-state index in [2.05, 4.69) is 15.9 Å². The van der Waals surface area contributed by atoms with E-state index in [1.165, 1.54) is 0 Å². The molecule has 0 saturated carbocycles. The van der Waals surface area contributed by atoms with E-state index in [1.807, 2.05) is 0 Å². The van der Waals surface area contributed by atoms with Crippen LogP contribution in [-0.2, 0) is 6.18 Å². The number of halogens is 9. The van der Waals surface area contributed by atoms with Crippen molar-refractivity contribution in [3.05, 3.63) is 75.0 Å². The summed E-state index contributed by atoms with van der Waals surface area (Å²) in [7, 11) is 0. The van der Waals surface area contributed by atoms with Gasteiger partial charge in [-0.15, -0.1) is 0 Å². The predicted molar refractivity (Wildman–Crippen MR) is 90.4 cm³/mol. The second kappa shape index (κ2) is 8.13. The fourth-order valence-corrected chi connectivity index (χ4v) is 2.69. The lowest BCUT2D eigenvalue weighted by Crippen LogP contribution is -2.19. The number of hydrogen-bond donors (Lipinski definition) is 1. The van der Waals surface area contributed by atoms with Crippen molar-refractivity contribution in [2.45, 2.75) is 18.3 Å². The Morgan fingerprint density at radius 3 is 2.14 bits per heavy atom. The van der Waals surface area contributed by atoms with E-state index in [9.17, 15) is 39.9 Å². The first-order chi connectivity index (χ1) is 13.2. The van der Waals surface area contributed by atoms with E-state index in [4.69, 9.17) is 5.11 Å². The third kappa shape index (κ3) is 5.34. The first kappa shape index (κ1) is 22.9. The maximum Gasteiger partial charge on any atom is 0.417 e. The average Bonchev–Trinajstić information content (AvgIpc) is 2.59. The highest BCUT2D eigenvalue weighted by Crippen LogP contribution is 2.40. The van der Waals surface area contributed by atoms with Gasteiger partial charge in [0.25, 0.3) is 0 Å². The van der Waals surface area contributed by atoms with Gasteiger partial charge in [0.05, 0.1) is 15.6 Å². The smallest absolute Gasteiger partial charge is 0.417 e. The molecule has 0 aromatic heterocycles. The summed E-state index contributed by atoms with van der Waals surface area (Å²) < 4.78 is 107. The number of carboxylic acids is 1. The van der Waals surface area contributed by atoms with Crippen molar-refractivity contribution in [2.24, 2.45) is 0 Å². The van der Waals surface area contributed by atoms with Gasteiger partial charge >= 0.3 is 18.3 Å². The summed E-state index contributed by atoms with van der Waals surface area (Å²) in [6, 6.07) is 3.52. The normalized spacial score (nSPS) is 14.0. The lowest BCUT2D eigenvalue weighted by atomic mass is 9.95. The van der Waals surface area contributed by atoms with Crippen molar-refractivity contribution in [1.29, 1.82) is 0 Å².